The highest BCUT2D eigenvalue weighted by Crippen LogP contribution is 2.24. The molecular formula is C17H16F2N4O. The monoisotopic (exact) mass is 330 g/mol. The van der Waals surface area contributed by atoms with Crippen molar-refractivity contribution in [3.63, 3.8) is 0 Å². The highest BCUT2D eigenvalue weighted by molar-refractivity contribution is 5.70. The second kappa shape index (κ2) is 5.83. The zero-order chi connectivity index (χ0) is 16.7. The molecule has 1 atom stereocenters. The molecule has 0 aliphatic carbocycles. The van der Waals surface area contributed by atoms with Crippen molar-refractivity contribution in [1.29, 1.82) is 0 Å². The highest BCUT2D eigenvalue weighted by Gasteiger charge is 2.27. The van der Waals surface area contributed by atoms with Gasteiger partial charge in [-0.1, -0.05) is 6.07 Å². The molecule has 24 heavy (non-hydrogen) atoms. The third kappa shape index (κ3) is 2.60. The van der Waals surface area contributed by atoms with Gasteiger partial charge in [-0.2, -0.15) is 0 Å². The lowest BCUT2D eigenvalue weighted by molar-refractivity contribution is 0.315. The molecule has 1 saturated heterocycles. The largest absolute Gasteiger partial charge is 0.327 e. The Balaban J connectivity index is 1.54. The number of H-pyrrole nitrogens is 1. The Morgan fingerprint density at radius 1 is 1.25 bits per heavy atom. The van der Waals surface area contributed by atoms with Crippen LogP contribution in [0.15, 0.2) is 41.3 Å². The first-order valence-electron chi connectivity index (χ1n) is 7.83. The maximum atomic E-state index is 13.3. The van der Waals surface area contributed by atoms with Gasteiger partial charge in [0.05, 0.1) is 11.6 Å². The van der Waals surface area contributed by atoms with Crippen LogP contribution in [0.3, 0.4) is 0 Å². The summed E-state index contributed by atoms with van der Waals surface area (Å²) in [6.45, 7) is 1.98. The van der Waals surface area contributed by atoms with Crippen LogP contribution in [0, 0.1) is 11.6 Å². The van der Waals surface area contributed by atoms with Crippen molar-refractivity contribution in [2.75, 3.05) is 13.1 Å². The van der Waals surface area contributed by atoms with Crippen molar-refractivity contribution in [1.82, 2.24) is 19.4 Å². The van der Waals surface area contributed by atoms with Gasteiger partial charge in [-0.3, -0.25) is 9.47 Å². The second-order valence-electron chi connectivity index (χ2n) is 6.10. The van der Waals surface area contributed by atoms with E-state index in [2.05, 4.69) is 14.9 Å². The lowest BCUT2D eigenvalue weighted by Crippen LogP contribution is -2.26. The SMILES string of the molecule is O=c1[nH]c2cccnc2n1[C@@H]1CCN(Cc2ccc(F)c(F)c2)C1. The third-order valence-electron chi connectivity index (χ3n) is 4.48. The summed E-state index contributed by atoms with van der Waals surface area (Å²) in [7, 11) is 0. The first-order chi connectivity index (χ1) is 11.6. The lowest BCUT2D eigenvalue weighted by Gasteiger charge is -2.16. The number of fused-ring (bicyclic) bond motifs is 1. The molecule has 0 unspecified atom stereocenters. The van der Waals surface area contributed by atoms with Crippen LogP contribution < -0.4 is 5.69 Å². The number of aromatic amines is 1. The summed E-state index contributed by atoms with van der Waals surface area (Å²) in [6, 6.07) is 7.59. The average Bonchev–Trinajstić information content (AvgIpc) is 3.14. The highest BCUT2D eigenvalue weighted by atomic mass is 19.2. The number of benzene rings is 1. The summed E-state index contributed by atoms with van der Waals surface area (Å²) in [5.74, 6) is -1.67. The van der Waals surface area contributed by atoms with Crippen LogP contribution in [0.25, 0.3) is 11.2 Å². The minimum absolute atomic E-state index is 0.0199. The van der Waals surface area contributed by atoms with Crippen molar-refractivity contribution < 1.29 is 8.78 Å². The Labute approximate surface area is 136 Å². The van der Waals surface area contributed by atoms with E-state index in [1.807, 2.05) is 6.07 Å². The zero-order valence-electron chi connectivity index (χ0n) is 12.9. The Hall–Kier alpha value is -2.54. The molecule has 3 heterocycles. The quantitative estimate of drug-likeness (QED) is 0.802. The predicted octanol–water partition coefficient (Wildman–Crippen LogP) is 2.45. The van der Waals surface area contributed by atoms with E-state index < -0.39 is 11.6 Å². The Kier molecular flexibility index (Phi) is 3.65. The van der Waals surface area contributed by atoms with E-state index in [0.29, 0.717) is 18.7 Å². The minimum atomic E-state index is -0.838. The smallest absolute Gasteiger partial charge is 0.304 e. The molecule has 0 bridgehead atoms. The molecule has 7 heteroatoms. The molecule has 1 fully saturated rings. The van der Waals surface area contributed by atoms with Gasteiger partial charge in [-0.05, 0) is 36.2 Å². The molecule has 124 valence electrons. The number of aromatic nitrogens is 3. The maximum Gasteiger partial charge on any atom is 0.327 e. The molecule has 0 amide bonds. The van der Waals surface area contributed by atoms with E-state index in [4.69, 9.17) is 0 Å². The van der Waals surface area contributed by atoms with Gasteiger partial charge < -0.3 is 4.98 Å². The summed E-state index contributed by atoms with van der Waals surface area (Å²) in [4.78, 5) is 21.5. The fourth-order valence-electron chi connectivity index (χ4n) is 3.36. The Bertz CT molecular complexity index is 949. The number of likely N-dealkylation sites (tertiary alicyclic amines) is 1. The molecule has 0 saturated carbocycles. The molecule has 1 aliphatic heterocycles. The summed E-state index contributed by atoms with van der Waals surface area (Å²) in [5, 5.41) is 0. The number of halogens is 2. The lowest BCUT2D eigenvalue weighted by atomic mass is 10.2. The van der Waals surface area contributed by atoms with Gasteiger partial charge in [-0.15, -0.1) is 0 Å². The molecule has 1 aliphatic rings. The topological polar surface area (TPSA) is 53.9 Å². The van der Waals surface area contributed by atoms with Crippen molar-refractivity contribution in [2.45, 2.75) is 19.0 Å². The molecule has 2 aromatic heterocycles. The molecule has 5 nitrogen and oxygen atoms in total. The number of hydrogen-bond donors (Lipinski definition) is 1. The molecule has 3 aromatic rings. The Morgan fingerprint density at radius 2 is 2.12 bits per heavy atom. The molecule has 4 rings (SSSR count). The van der Waals surface area contributed by atoms with Gasteiger partial charge >= 0.3 is 5.69 Å². The molecule has 1 aromatic carbocycles. The van der Waals surface area contributed by atoms with E-state index in [9.17, 15) is 13.6 Å². The van der Waals surface area contributed by atoms with Gasteiger partial charge in [0.15, 0.2) is 17.3 Å². The van der Waals surface area contributed by atoms with E-state index in [1.165, 1.54) is 6.07 Å². The first kappa shape index (κ1) is 15.0. The summed E-state index contributed by atoms with van der Waals surface area (Å²) >= 11 is 0. The second-order valence-corrected chi connectivity index (χ2v) is 6.10. The van der Waals surface area contributed by atoms with E-state index in [-0.39, 0.29) is 11.7 Å². The molecule has 0 radical (unpaired) electrons. The van der Waals surface area contributed by atoms with Crippen LogP contribution in [0.4, 0.5) is 8.78 Å². The zero-order valence-corrected chi connectivity index (χ0v) is 12.9. The number of imidazole rings is 1. The summed E-state index contributed by atoms with van der Waals surface area (Å²) in [5.41, 5.74) is 1.94. The van der Waals surface area contributed by atoms with Crippen LogP contribution in [0.1, 0.15) is 18.0 Å². The number of nitrogens with zero attached hydrogens (tertiary/aromatic N) is 3. The van der Waals surface area contributed by atoms with Gasteiger partial charge in [-0.25, -0.2) is 18.6 Å². The maximum absolute atomic E-state index is 13.3. The minimum Gasteiger partial charge on any atom is -0.304 e. The third-order valence-corrected chi connectivity index (χ3v) is 4.48. The first-order valence-corrected chi connectivity index (χ1v) is 7.83. The van der Waals surface area contributed by atoms with Gasteiger partial charge in [0.1, 0.15) is 0 Å². The number of hydrogen-bond acceptors (Lipinski definition) is 3. The van der Waals surface area contributed by atoms with E-state index >= 15 is 0 Å². The van der Waals surface area contributed by atoms with Crippen molar-refractivity contribution in [3.05, 3.63) is 64.2 Å². The summed E-state index contributed by atoms with van der Waals surface area (Å²) < 4.78 is 28.0. The van der Waals surface area contributed by atoms with Crippen molar-refractivity contribution in [3.8, 4) is 0 Å². The van der Waals surface area contributed by atoms with Gasteiger partial charge in [0.25, 0.3) is 0 Å². The van der Waals surface area contributed by atoms with E-state index in [1.54, 1.807) is 22.9 Å². The Morgan fingerprint density at radius 3 is 2.96 bits per heavy atom. The number of rotatable bonds is 3. The van der Waals surface area contributed by atoms with Gasteiger partial charge in [0, 0.05) is 25.8 Å². The molecule has 0 spiro atoms. The predicted molar refractivity (Wildman–Crippen MR) is 85.6 cm³/mol. The van der Waals surface area contributed by atoms with Crippen LogP contribution in [0.2, 0.25) is 0 Å². The normalized spacial score (nSPS) is 18.5. The fourth-order valence-corrected chi connectivity index (χ4v) is 3.36. The van der Waals surface area contributed by atoms with Gasteiger partial charge in [0.2, 0.25) is 0 Å². The number of pyridine rings is 1. The molecule has 1 N–H and O–H groups in total. The van der Waals surface area contributed by atoms with Crippen LogP contribution in [0.5, 0.6) is 0 Å². The van der Waals surface area contributed by atoms with Crippen molar-refractivity contribution in [2.24, 2.45) is 0 Å². The van der Waals surface area contributed by atoms with Crippen LogP contribution >= 0.6 is 0 Å². The standard InChI is InChI=1S/C17H16F2N4O/c18-13-4-3-11(8-14(13)19)9-22-7-5-12(10-22)23-16-15(21-17(23)24)2-1-6-20-16/h1-4,6,8,12H,5,7,9-10H2,(H,21,24)/t12-/m1/s1. The fraction of sp³-hybridized carbons (Fsp3) is 0.294. The number of nitrogens with one attached hydrogen (secondary N) is 1. The molecular weight excluding hydrogens is 314 g/mol. The van der Waals surface area contributed by atoms with Crippen molar-refractivity contribution >= 4 is 11.2 Å². The van der Waals surface area contributed by atoms with E-state index in [0.717, 1.165) is 30.1 Å². The average molecular weight is 330 g/mol. The van der Waals surface area contributed by atoms with Crippen LogP contribution in [-0.2, 0) is 6.54 Å². The van der Waals surface area contributed by atoms with Crippen LogP contribution in [-0.4, -0.2) is 32.5 Å². The summed E-state index contributed by atoms with van der Waals surface area (Å²) in [6.07, 6.45) is 2.48.